The average molecular weight is 580 g/mol. The van der Waals surface area contributed by atoms with Gasteiger partial charge in [-0.25, -0.2) is 8.91 Å². The largest absolute Gasteiger partial charge is 0.481 e. The number of aryl methyl sites for hydroxylation is 1. The van der Waals surface area contributed by atoms with E-state index < -0.39 is 30.4 Å². The fourth-order valence-electron chi connectivity index (χ4n) is 4.85. The van der Waals surface area contributed by atoms with Crippen molar-refractivity contribution < 1.29 is 18.0 Å². The first-order valence-corrected chi connectivity index (χ1v) is 13.0. The highest BCUT2D eigenvalue weighted by atomic mass is 19.1. The maximum Gasteiger partial charge on any atom is 0.264 e. The maximum atomic E-state index is 15.2. The van der Waals surface area contributed by atoms with E-state index in [0.717, 1.165) is 0 Å². The van der Waals surface area contributed by atoms with Crippen LogP contribution in [-0.4, -0.2) is 41.9 Å². The second kappa shape index (κ2) is 10.8. The maximum absolute atomic E-state index is 15.2. The number of aromatic nitrogens is 6. The standard InChI is InChI=1S/C31H25FN8O3/c1-18(35-30(41)27-28(33)37-39-14-13-25(43-3)36-29(27)39)24-15-20-10-12-23(32)22(11-9-19-16-34-38(2)17-19)26(20)31(42)40(24)21-7-5-4-6-8-21/h4-8,10,12-18H,1-3H3,(H2,33,37)(H,35,41)/t18-/m0/s1/i3D3. The topological polar surface area (TPSA) is 134 Å². The molecular formula is C31H25FN8O3. The van der Waals surface area contributed by atoms with Gasteiger partial charge in [-0.3, -0.25) is 18.8 Å². The highest BCUT2D eigenvalue weighted by Crippen LogP contribution is 2.26. The molecule has 1 amide bonds. The summed E-state index contributed by atoms with van der Waals surface area (Å²) in [6.07, 6.45) is 4.58. The summed E-state index contributed by atoms with van der Waals surface area (Å²) < 4.78 is 46.3. The van der Waals surface area contributed by atoms with Gasteiger partial charge in [-0.15, -0.1) is 5.10 Å². The van der Waals surface area contributed by atoms with E-state index in [1.807, 2.05) is 0 Å². The molecule has 214 valence electrons. The number of amides is 1. The SMILES string of the molecule is [2H]C([2H])([2H])Oc1ccn2nc(N)c(C(=O)N[C@@H](C)c3cc4ccc(F)c(C#Cc5cnn(C)c5)c4c(=O)n3-c3ccccc3)c2n1. The number of rotatable bonds is 5. The number of halogens is 1. The Morgan fingerprint density at radius 2 is 2.00 bits per heavy atom. The summed E-state index contributed by atoms with van der Waals surface area (Å²) in [6.45, 7) is 1.67. The Bertz CT molecular complexity index is 2270. The number of fused-ring (bicyclic) bond motifs is 2. The van der Waals surface area contributed by atoms with Gasteiger partial charge in [-0.2, -0.15) is 10.1 Å². The third kappa shape index (κ3) is 4.93. The fraction of sp³-hybridized carbons (Fsp3) is 0.129. The Kier molecular flexibility index (Phi) is 5.95. The highest BCUT2D eigenvalue weighted by Gasteiger charge is 2.25. The monoisotopic (exact) mass is 579 g/mol. The normalized spacial score (nSPS) is 13.0. The number of methoxy groups -OCH3 is 1. The highest BCUT2D eigenvalue weighted by molar-refractivity contribution is 6.04. The molecule has 4 heterocycles. The lowest BCUT2D eigenvalue weighted by atomic mass is 10.0. The molecule has 0 fully saturated rings. The number of carbonyl (C=O) groups excluding carboxylic acids is 1. The minimum atomic E-state index is -2.77. The lowest BCUT2D eigenvalue weighted by Gasteiger charge is -2.21. The van der Waals surface area contributed by atoms with Crippen molar-refractivity contribution in [2.45, 2.75) is 13.0 Å². The van der Waals surface area contributed by atoms with E-state index in [1.54, 1.807) is 61.2 Å². The number of para-hydroxylation sites is 1. The Labute approximate surface area is 248 Å². The van der Waals surface area contributed by atoms with Gasteiger partial charge in [0, 0.05) is 36.9 Å². The molecule has 11 nitrogen and oxygen atoms in total. The molecule has 0 saturated heterocycles. The first-order valence-electron chi connectivity index (χ1n) is 14.5. The lowest BCUT2D eigenvalue weighted by Crippen LogP contribution is -2.32. The van der Waals surface area contributed by atoms with Gasteiger partial charge >= 0.3 is 0 Å². The summed E-state index contributed by atoms with van der Waals surface area (Å²) in [6, 6.07) is 13.6. The number of nitrogen functional groups attached to an aromatic ring is 1. The molecule has 0 bridgehead atoms. The number of hydrogen-bond acceptors (Lipinski definition) is 7. The minimum Gasteiger partial charge on any atom is -0.481 e. The van der Waals surface area contributed by atoms with Crippen molar-refractivity contribution in [3.63, 3.8) is 0 Å². The van der Waals surface area contributed by atoms with Crippen LogP contribution in [0.3, 0.4) is 0 Å². The number of pyridine rings is 1. The quantitative estimate of drug-likeness (QED) is 0.299. The lowest BCUT2D eigenvalue weighted by molar-refractivity contribution is 0.0941. The molecule has 4 aromatic heterocycles. The van der Waals surface area contributed by atoms with E-state index in [0.29, 0.717) is 22.3 Å². The number of nitrogens with one attached hydrogen (secondary N) is 1. The van der Waals surface area contributed by atoms with Gasteiger partial charge in [-0.05, 0) is 36.6 Å². The zero-order chi connectivity index (χ0) is 32.7. The van der Waals surface area contributed by atoms with E-state index in [2.05, 4.69) is 32.3 Å². The van der Waals surface area contributed by atoms with Gasteiger partial charge in [0.1, 0.15) is 11.4 Å². The van der Waals surface area contributed by atoms with Crippen molar-refractivity contribution in [2.75, 3.05) is 12.8 Å². The number of ether oxygens (including phenoxy) is 1. The molecule has 12 heteroatoms. The van der Waals surface area contributed by atoms with Gasteiger partial charge < -0.3 is 15.8 Å². The summed E-state index contributed by atoms with van der Waals surface area (Å²) in [5, 5.41) is 11.5. The van der Waals surface area contributed by atoms with Crippen LogP contribution in [0.1, 0.15) is 44.3 Å². The molecule has 2 aromatic carbocycles. The van der Waals surface area contributed by atoms with Crippen LogP contribution in [0.15, 0.2) is 78.0 Å². The molecule has 0 spiro atoms. The number of anilines is 1. The van der Waals surface area contributed by atoms with E-state index in [9.17, 15) is 9.59 Å². The predicted octanol–water partition coefficient (Wildman–Crippen LogP) is 3.39. The molecule has 0 aliphatic carbocycles. The van der Waals surface area contributed by atoms with Crippen LogP contribution in [0, 0.1) is 17.7 Å². The Morgan fingerprint density at radius 1 is 1.19 bits per heavy atom. The van der Waals surface area contributed by atoms with Crippen LogP contribution >= 0.6 is 0 Å². The second-order valence-electron chi connectivity index (χ2n) is 9.68. The number of benzene rings is 2. The van der Waals surface area contributed by atoms with Crippen molar-refractivity contribution in [1.29, 1.82) is 0 Å². The van der Waals surface area contributed by atoms with Crippen LogP contribution in [0.25, 0.3) is 22.1 Å². The zero-order valence-electron chi connectivity index (χ0n) is 25.9. The smallest absolute Gasteiger partial charge is 0.264 e. The Balaban J connectivity index is 1.46. The van der Waals surface area contributed by atoms with Crippen molar-refractivity contribution in [3.05, 3.63) is 112 Å². The molecule has 0 radical (unpaired) electrons. The average Bonchev–Trinajstić information content (AvgIpc) is 3.57. The molecule has 0 aliphatic heterocycles. The van der Waals surface area contributed by atoms with Crippen LogP contribution in [0.4, 0.5) is 10.2 Å². The third-order valence-corrected chi connectivity index (χ3v) is 6.83. The molecule has 0 aliphatic rings. The minimum absolute atomic E-state index is 0.0322. The van der Waals surface area contributed by atoms with Crippen LogP contribution in [-0.2, 0) is 7.05 Å². The molecule has 1 atom stereocenters. The summed E-state index contributed by atoms with van der Waals surface area (Å²) in [5.41, 5.74) is 6.72. The fourth-order valence-corrected chi connectivity index (χ4v) is 4.85. The van der Waals surface area contributed by atoms with Crippen molar-refractivity contribution in [2.24, 2.45) is 7.05 Å². The first-order chi connectivity index (χ1) is 21.9. The molecule has 0 unspecified atom stereocenters. The molecule has 6 rings (SSSR count). The number of nitrogens with two attached hydrogens (primary N) is 1. The Hall–Kier alpha value is -5.96. The van der Waals surface area contributed by atoms with E-state index in [-0.39, 0.29) is 33.9 Å². The summed E-state index contributed by atoms with van der Waals surface area (Å²) >= 11 is 0. The van der Waals surface area contributed by atoms with E-state index in [1.165, 1.54) is 39.7 Å². The van der Waals surface area contributed by atoms with Crippen molar-refractivity contribution >= 4 is 28.1 Å². The number of nitrogens with zero attached hydrogens (tertiary/aromatic N) is 6. The van der Waals surface area contributed by atoms with Gasteiger partial charge in [0.05, 0.1) is 39.9 Å². The van der Waals surface area contributed by atoms with Crippen LogP contribution in [0.5, 0.6) is 5.88 Å². The van der Waals surface area contributed by atoms with Gasteiger partial charge in [-0.1, -0.05) is 36.1 Å². The third-order valence-electron chi connectivity index (χ3n) is 6.83. The van der Waals surface area contributed by atoms with Crippen molar-refractivity contribution in [3.8, 4) is 23.4 Å². The number of carbonyl (C=O) groups is 1. The molecular weight excluding hydrogens is 551 g/mol. The molecule has 6 aromatic rings. The van der Waals surface area contributed by atoms with Gasteiger partial charge in [0.15, 0.2) is 11.5 Å². The summed E-state index contributed by atoms with van der Waals surface area (Å²) in [7, 11) is -1.03. The molecule has 0 saturated carbocycles. The van der Waals surface area contributed by atoms with Crippen molar-refractivity contribution in [1.82, 2.24) is 34.3 Å². The van der Waals surface area contributed by atoms with Crippen LogP contribution < -0.4 is 21.3 Å². The van der Waals surface area contributed by atoms with Gasteiger partial charge in [0.25, 0.3) is 11.5 Å². The summed E-state index contributed by atoms with van der Waals surface area (Å²) in [4.78, 5) is 32.0. The van der Waals surface area contributed by atoms with E-state index in [4.69, 9.17) is 14.6 Å². The molecule has 3 N–H and O–H groups in total. The number of hydrogen-bond donors (Lipinski definition) is 2. The van der Waals surface area contributed by atoms with Crippen LogP contribution in [0.2, 0.25) is 0 Å². The summed E-state index contributed by atoms with van der Waals surface area (Å²) in [5.74, 6) is 3.92. The predicted molar refractivity (Wildman–Crippen MR) is 159 cm³/mol. The first kappa shape index (κ1) is 23.7. The van der Waals surface area contributed by atoms with Gasteiger partial charge in [0.2, 0.25) is 5.88 Å². The van der Waals surface area contributed by atoms with E-state index >= 15 is 4.39 Å². The zero-order valence-corrected chi connectivity index (χ0v) is 22.9. The second-order valence-corrected chi connectivity index (χ2v) is 9.68. The Morgan fingerprint density at radius 3 is 2.74 bits per heavy atom. The molecule has 43 heavy (non-hydrogen) atoms.